The Bertz CT molecular complexity index is 1440. The number of hydrogen-bond donors (Lipinski definition) is 5. The molecule has 7 rings (SSSR count). The number of aliphatic hydroxyl groups is 4. The predicted molar refractivity (Wildman–Crippen MR) is 128 cm³/mol. The first-order valence-corrected chi connectivity index (χ1v) is 12.4. The number of ether oxygens (including phenoxy) is 1. The predicted octanol–water partition coefficient (Wildman–Crippen LogP) is -0.670. The van der Waals surface area contributed by atoms with Gasteiger partial charge in [-0.2, -0.15) is 0 Å². The fourth-order valence-electron chi connectivity index (χ4n) is 5.97. The lowest BCUT2D eigenvalue weighted by molar-refractivity contribution is -0.253. The summed E-state index contributed by atoms with van der Waals surface area (Å²) in [4.78, 5) is 53.6. The number of carbonyl (C=O) groups is 4. The Kier molecular flexibility index (Phi) is 5.57. The minimum Gasteiger partial charge on any atom is -0.394 e. The van der Waals surface area contributed by atoms with Crippen LogP contribution >= 0.6 is 15.9 Å². The van der Waals surface area contributed by atoms with Gasteiger partial charge in [0.2, 0.25) is 5.78 Å². The molecule has 5 aliphatic carbocycles. The van der Waals surface area contributed by atoms with Crippen LogP contribution in [0.15, 0.2) is 68.9 Å². The van der Waals surface area contributed by atoms with Crippen molar-refractivity contribution in [2.24, 2.45) is 0 Å². The Morgan fingerprint density at radius 1 is 0.811 bits per heavy atom. The van der Waals surface area contributed by atoms with Gasteiger partial charge in [0, 0.05) is 34.1 Å². The number of rotatable bonds is 3. The van der Waals surface area contributed by atoms with Crippen molar-refractivity contribution >= 4 is 39.1 Å². The molecule has 0 aromatic heterocycles. The van der Waals surface area contributed by atoms with E-state index >= 15 is 0 Å². The number of carbonyl (C=O) groups excluding carboxylic acids is 4. The summed E-state index contributed by atoms with van der Waals surface area (Å²) in [6.07, 6.45) is -3.89. The first-order valence-electron chi connectivity index (χ1n) is 11.6. The molecule has 0 spiro atoms. The first kappa shape index (κ1) is 24.3. The smallest absolute Gasteiger partial charge is 0.207 e. The lowest BCUT2D eigenvalue weighted by Crippen LogP contribution is -2.63. The topological polar surface area (TPSA) is 170 Å². The molecule has 0 amide bonds. The molecule has 1 saturated heterocycles. The highest BCUT2D eigenvalue weighted by atomic mass is 79.9. The third kappa shape index (κ3) is 3.22. The minimum absolute atomic E-state index is 0.0455. The highest BCUT2D eigenvalue weighted by Gasteiger charge is 2.55. The maximum atomic E-state index is 14.0. The van der Waals surface area contributed by atoms with Crippen LogP contribution in [-0.2, 0) is 23.9 Å². The van der Waals surface area contributed by atoms with Crippen LogP contribution in [0.1, 0.15) is 23.0 Å². The molecule has 6 aliphatic rings. The molecule has 7 atom stereocenters. The molecule has 6 unspecified atom stereocenters. The molecule has 1 fully saturated rings. The number of Topliss-reactive ketones (excluding diaryl/α,β-unsaturated/α-hetero) is 2. The van der Waals surface area contributed by atoms with E-state index in [4.69, 9.17) is 4.74 Å². The molecule has 1 aliphatic heterocycles. The summed E-state index contributed by atoms with van der Waals surface area (Å²) < 4.78 is 4.97. The van der Waals surface area contributed by atoms with Crippen LogP contribution in [0.2, 0.25) is 0 Å². The van der Waals surface area contributed by atoms with Crippen LogP contribution in [0.25, 0.3) is 0 Å². The third-order valence-electron chi connectivity index (χ3n) is 7.62. The highest BCUT2D eigenvalue weighted by molar-refractivity contribution is 9.12. The Labute approximate surface area is 217 Å². The van der Waals surface area contributed by atoms with Gasteiger partial charge in [0.15, 0.2) is 23.6 Å². The van der Waals surface area contributed by atoms with E-state index in [-0.39, 0.29) is 32.5 Å². The lowest BCUT2D eigenvalue weighted by atomic mass is 9.56. The molecule has 1 heterocycles. The van der Waals surface area contributed by atoms with Gasteiger partial charge in [-0.05, 0) is 39.2 Å². The number of hydrogen-bond acceptors (Lipinski definition) is 10. The van der Waals surface area contributed by atoms with Gasteiger partial charge in [-0.3, -0.25) is 19.2 Å². The molecule has 0 radical (unpaired) electrons. The molecule has 1 aromatic rings. The SMILES string of the molecule is O=C1C=CC(=O)C2=C1C1C3=C(C(=O)C(NC4C(O)C(O)C(CO)O[C@H]4O)=C(Br)C3=O)C2c2ccccc21. The van der Waals surface area contributed by atoms with Gasteiger partial charge in [-0.15, -0.1) is 0 Å². The van der Waals surface area contributed by atoms with Crippen LogP contribution in [0.5, 0.6) is 0 Å². The standard InChI is InChI=1S/C26H20BrNO9/c27-19-20(28-21-25(35)22(32)12(7-29)37-26(21)36)24(34)18-14-9-4-2-1-3-8(9)13(17(18)23(19)33)15-10(30)5-6-11(31)16(14)15/h1-6,12-14,21-22,25-26,28-29,32,35-36H,7H2/t12?,13?,14?,21?,22?,25?,26-/m1/s1. The number of nitrogens with one attached hydrogen (secondary N) is 1. The average molecular weight is 570 g/mol. The monoisotopic (exact) mass is 569 g/mol. The van der Waals surface area contributed by atoms with E-state index < -0.39 is 72.2 Å². The van der Waals surface area contributed by atoms with Crippen molar-refractivity contribution < 1.29 is 44.3 Å². The normalized spacial score (nSPS) is 34.7. The Hall–Kier alpha value is -3.06. The minimum atomic E-state index is -1.73. The van der Waals surface area contributed by atoms with Crippen molar-refractivity contribution in [1.29, 1.82) is 0 Å². The van der Waals surface area contributed by atoms with Crippen molar-refractivity contribution in [3.05, 3.63) is 80.0 Å². The number of allylic oxidation sites excluding steroid dienone is 7. The van der Waals surface area contributed by atoms with Gasteiger partial charge >= 0.3 is 0 Å². The van der Waals surface area contributed by atoms with Crippen LogP contribution < -0.4 is 5.32 Å². The van der Waals surface area contributed by atoms with E-state index in [0.717, 1.165) is 6.08 Å². The van der Waals surface area contributed by atoms with Gasteiger partial charge in [0.25, 0.3) is 0 Å². The van der Waals surface area contributed by atoms with Crippen molar-refractivity contribution in [2.75, 3.05) is 6.61 Å². The van der Waals surface area contributed by atoms with E-state index in [0.29, 0.717) is 11.1 Å². The fourth-order valence-corrected chi connectivity index (χ4v) is 6.48. The van der Waals surface area contributed by atoms with Gasteiger partial charge in [-0.25, -0.2) is 0 Å². The first-order chi connectivity index (χ1) is 17.7. The number of aliphatic hydroxyl groups excluding tert-OH is 4. The Balaban J connectivity index is 1.45. The second-order valence-corrected chi connectivity index (χ2v) is 10.3. The zero-order valence-electron chi connectivity index (χ0n) is 18.9. The molecular weight excluding hydrogens is 550 g/mol. The molecule has 2 bridgehead atoms. The summed E-state index contributed by atoms with van der Waals surface area (Å²) >= 11 is 3.18. The number of benzene rings is 1. The van der Waals surface area contributed by atoms with Crippen LogP contribution in [-0.4, -0.2) is 80.8 Å². The van der Waals surface area contributed by atoms with E-state index in [2.05, 4.69) is 21.2 Å². The second-order valence-electron chi connectivity index (χ2n) is 9.46. The van der Waals surface area contributed by atoms with Crippen molar-refractivity contribution in [3.8, 4) is 0 Å². The number of halogens is 1. The molecule has 0 saturated carbocycles. The maximum absolute atomic E-state index is 14.0. The molecular formula is C26H20BrNO9. The van der Waals surface area contributed by atoms with E-state index in [1.807, 2.05) is 0 Å². The third-order valence-corrected chi connectivity index (χ3v) is 8.37. The summed E-state index contributed by atoms with van der Waals surface area (Å²) in [5.74, 6) is -3.92. The highest BCUT2D eigenvalue weighted by Crippen LogP contribution is 2.59. The fraction of sp³-hybridized carbons (Fsp3) is 0.308. The lowest BCUT2D eigenvalue weighted by Gasteiger charge is -2.45. The second kappa shape index (κ2) is 8.48. The largest absolute Gasteiger partial charge is 0.394 e. The molecule has 37 heavy (non-hydrogen) atoms. The quantitative estimate of drug-likeness (QED) is 0.294. The van der Waals surface area contributed by atoms with Gasteiger partial charge in [-0.1, -0.05) is 24.3 Å². The zero-order valence-corrected chi connectivity index (χ0v) is 20.5. The zero-order chi connectivity index (χ0) is 26.3. The van der Waals surface area contributed by atoms with Crippen LogP contribution in [0.3, 0.4) is 0 Å². The molecule has 5 N–H and O–H groups in total. The summed E-state index contributed by atoms with van der Waals surface area (Å²) in [5, 5.41) is 43.2. The molecule has 10 nitrogen and oxygen atoms in total. The van der Waals surface area contributed by atoms with Crippen molar-refractivity contribution in [2.45, 2.75) is 42.5 Å². The van der Waals surface area contributed by atoms with Crippen LogP contribution in [0, 0.1) is 0 Å². The maximum Gasteiger partial charge on any atom is 0.207 e. The van der Waals surface area contributed by atoms with E-state index in [1.54, 1.807) is 24.3 Å². The van der Waals surface area contributed by atoms with Crippen molar-refractivity contribution in [1.82, 2.24) is 5.32 Å². The summed E-state index contributed by atoms with van der Waals surface area (Å²) in [6, 6.07) is 5.60. The van der Waals surface area contributed by atoms with Crippen molar-refractivity contribution in [3.63, 3.8) is 0 Å². The summed E-state index contributed by atoms with van der Waals surface area (Å²) in [7, 11) is 0. The molecule has 1 aromatic carbocycles. The Morgan fingerprint density at radius 2 is 1.35 bits per heavy atom. The average Bonchev–Trinajstić information content (AvgIpc) is 2.90. The summed E-state index contributed by atoms with van der Waals surface area (Å²) in [5.41, 5.74) is 1.52. The van der Waals surface area contributed by atoms with Gasteiger partial charge in [0.1, 0.15) is 30.1 Å². The molecule has 190 valence electrons. The van der Waals surface area contributed by atoms with E-state index in [9.17, 15) is 39.6 Å². The van der Waals surface area contributed by atoms with Gasteiger partial charge in [0.05, 0.1) is 11.1 Å². The molecule has 11 heteroatoms. The van der Waals surface area contributed by atoms with Crippen LogP contribution in [0.4, 0.5) is 0 Å². The number of ketones is 4. The van der Waals surface area contributed by atoms with E-state index in [1.165, 1.54) is 6.08 Å². The van der Waals surface area contributed by atoms with Gasteiger partial charge < -0.3 is 30.5 Å². The Morgan fingerprint density at radius 3 is 1.89 bits per heavy atom. The summed E-state index contributed by atoms with van der Waals surface area (Å²) in [6.45, 7) is -0.664.